The third-order valence-corrected chi connectivity index (χ3v) is 7.11. The molecule has 1 aliphatic heterocycles. The number of para-hydroxylation sites is 1. The van der Waals surface area contributed by atoms with Crippen molar-refractivity contribution < 1.29 is 14.3 Å². The zero-order valence-corrected chi connectivity index (χ0v) is 23.8. The zero-order chi connectivity index (χ0) is 24.4. The number of halogens is 3. The number of hydrogen-bond donors (Lipinski definition) is 1. The van der Waals surface area contributed by atoms with Crippen LogP contribution in [0.25, 0.3) is 6.08 Å². The van der Waals surface area contributed by atoms with Gasteiger partial charge in [0.15, 0.2) is 5.11 Å². The predicted octanol–water partition coefficient (Wildman–Crippen LogP) is 7.13. The number of rotatable bonds is 6. The summed E-state index contributed by atoms with van der Waals surface area (Å²) in [5, 5.41) is 3.40. The molecule has 9 heteroatoms. The van der Waals surface area contributed by atoms with E-state index in [2.05, 4.69) is 53.1 Å². The molecule has 1 heterocycles. The van der Waals surface area contributed by atoms with E-state index in [0.29, 0.717) is 22.3 Å². The fourth-order valence-electron chi connectivity index (χ4n) is 3.55. The number of hydrogen-bond acceptors (Lipinski definition) is 4. The summed E-state index contributed by atoms with van der Waals surface area (Å²) in [7, 11) is 1.61. The number of nitrogens with one attached hydrogen (secondary N) is 1. The predicted molar refractivity (Wildman–Crippen MR) is 149 cm³/mol. The van der Waals surface area contributed by atoms with Gasteiger partial charge in [-0.05, 0) is 98.5 Å². The molecule has 4 rings (SSSR count). The van der Waals surface area contributed by atoms with Crippen LogP contribution in [0.3, 0.4) is 0 Å². The van der Waals surface area contributed by atoms with Gasteiger partial charge in [0.1, 0.15) is 23.8 Å². The Balaban J connectivity index is 1.60. The Bertz CT molecular complexity index is 1300. The lowest BCUT2D eigenvalue weighted by atomic mass is 10.1. The standard InChI is InChI=1S/C25H19Br3N2O3S/c1-14-5-3-4-6-21(14)30-24(31)20(29-25(30)34)10-15-7-8-22(32-2)16(9-15)13-33-23-18(27)11-17(26)12-19(23)28/h3-12H,13H2,1-2H3,(H,29,34)/b20-10+. The molecule has 1 aliphatic rings. The van der Waals surface area contributed by atoms with Crippen LogP contribution >= 0.6 is 60.0 Å². The van der Waals surface area contributed by atoms with E-state index in [1.54, 1.807) is 13.2 Å². The maximum atomic E-state index is 13.1. The highest BCUT2D eigenvalue weighted by Gasteiger charge is 2.32. The molecular weight excluding hydrogens is 648 g/mol. The smallest absolute Gasteiger partial charge is 0.281 e. The van der Waals surface area contributed by atoms with Crippen LogP contribution in [0.15, 0.2) is 73.7 Å². The lowest BCUT2D eigenvalue weighted by Gasteiger charge is -2.16. The second-order valence-corrected chi connectivity index (χ2v) is 10.5. The number of aryl methyl sites for hydroxylation is 1. The van der Waals surface area contributed by atoms with Gasteiger partial charge in [-0.15, -0.1) is 0 Å². The Kier molecular flexibility index (Phi) is 7.77. The van der Waals surface area contributed by atoms with E-state index in [4.69, 9.17) is 21.7 Å². The first-order chi connectivity index (χ1) is 16.3. The van der Waals surface area contributed by atoms with Gasteiger partial charge in [0.05, 0.1) is 21.7 Å². The number of thiocarbonyl (C=S) groups is 1. The molecule has 0 spiro atoms. The fraction of sp³-hybridized carbons (Fsp3) is 0.120. The summed E-state index contributed by atoms with van der Waals surface area (Å²) < 4.78 is 14.2. The lowest BCUT2D eigenvalue weighted by molar-refractivity contribution is -0.113. The van der Waals surface area contributed by atoms with Gasteiger partial charge in [0.25, 0.3) is 5.91 Å². The number of anilines is 1. The van der Waals surface area contributed by atoms with Crippen LogP contribution in [-0.4, -0.2) is 18.1 Å². The molecule has 3 aromatic carbocycles. The minimum absolute atomic E-state index is 0.198. The molecular formula is C25H19Br3N2O3S. The van der Waals surface area contributed by atoms with E-state index in [1.807, 2.05) is 61.5 Å². The summed E-state index contributed by atoms with van der Waals surface area (Å²) in [5.74, 6) is 1.17. The van der Waals surface area contributed by atoms with Gasteiger partial charge < -0.3 is 14.8 Å². The van der Waals surface area contributed by atoms with Crippen molar-refractivity contribution in [2.45, 2.75) is 13.5 Å². The Hall–Kier alpha value is -2.20. The van der Waals surface area contributed by atoms with Crippen LogP contribution in [-0.2, 0) is 11.4 Å². The molecule has 34 heavy (non-hydrogen) atoms. The average molecular weight is 667 g/mol. The maximum absolute atomic E-state index is 13.1. The van der Waals surface area contributed by atoms with E-state index in [9.17, 15) is 4.79 Å². The molecule has 1 fully saturated rings. The van der Waals surface area contributed by atoms with Gasteiger partial charge in [-0.25, -0.2) is 0 Å². The van der Waals surface area contributed by atoms with Gasteiger partial charge in [-0.2, -0.15) is 0 Å². The molecule has 1 saturated heterocycles. The summed E-state index contributed by atoms with van der Waals surface area (Å²) in [6.07, 6.45) is 1.78. The number of carbonyl (C=O) groups is 1. The molecule has 0 unspecified atom stereocenters. The van der Waals surface area contributed by atoms with E-state index in [-0.39, 0.29) is 12.5 Å². The van der Waals surface area contributed by atoms with Crippen molar-refractivity contribution in [2.75, 3.05) is 12.0 Å². The topological polar surface area (TPSA) is 50.8 Å². The SMILES string of the molecule is COc1ccc(/C=C2/NC(=S)N(c3ccccc3C)C2=O)cc1COc1c(Br)cc(Br)cc1Br. The van der Waals surface area contributed by atoms with Gasteiger partial charge >= 0.3 is 0 Å². The van der Waals surface area contributed by atoms with E-state index in [1.165, 1.54) is 4.90 Å². The minimum atomic E-state index is -0.198. The first-order valence-electron chi connectivity index (χ1n) is 10.2. The van der Waals surface area contributed by atoms with Crippen LogP contribution in [0, 0.1) is 6.92 Å². The molecule has 0 aliphatic carbocycles. The molecule has 0 radical (unpaired) electrons. The first-order valence-corrected chi connectivity index (χ1v) is 12.9. The highest BCUT2D eigenvalue weighted by atomic mass is 79.9. The fourth-order valence-corrected chi connectivity index (χ4v) is 6.33. The lowest BCUT2D eigenvalue weighted by Crippen LogP contribution is -2.30. The van der Waals surface area contributed by atoms with Crippen LogP contribution in [0.5, 0.6) is 11.5 Å². The Morgan fingerprint density at radius 3 is 2.44 bits per heavy atom. The number of nitrogens with zero attached hydrogens (tertiary/aromatic N) is 1. The number of ether oxygens (including phenoxy) is 2. The van der Waals surface area contributed by atoms with Crippen LogP contribution < -0.4 is 19.7 Å². The van der Waals surface area contributed by atoms with Crippen molar-refractivity contribution in [3.8, 4) is 11.5 Å². The Morgan fingerprint density at radius 1 is 1.06 bits per heavy atom. The van der Waals surface area contributed by atoms with Crippen molar-refractivity contribution in [2.24, 2.45) is 0 Å². The van der Waals surface area contributed by atoms with Crippen LogP contribution in [0.4, 0.5) is 5.69 Å². The molecule has 0 atom stereocenters. The average Bonchev–Trinajstić information content (AvgIpc) is 3.06. The molecule has 5 nitrogen and oxygen atoms in total. The molecule has 0 saturated carbocycles. The summed E-state index contributed by atoms with van der Waals surface area (Å²) in [5.41, 5.74) is 3.79. The summed E-state index contributed by atoms with van der Waals surface area (Å²) >= 11 is 16.0. The van der Waals surface area contributed by atoms with Crippen molar-refractivity contribution >= 4 is 82.8 Å². The van der Waals surface area contributed by atoms with Gasteiger partial charge in [-0.3, -0.25) is 9.69 Å². The molecule has 1 amide bonds. The molecule has 174 valence electrons. The van der Waals surface area contributed by atoms with E-state index < -0.39 is 0 Å². The highest BCUT2D eigenvalue weighted by molar-refractivity contribution is 9.11. The summed E-state index contributed by atoms with van der Waals surface area (Å²) in [6.45, 7) is 2.22. The van der Waals surface area contributed by atoms with Crippen molar-refractivity contribution in [3.05, 3.63) is 90.4 Å². The van der Waals surface area contributed by atoms with Crippen molar-refractivity contribution in [1.29, 1.82) is 0 Å². The monoisotopic (exact) mass is 664 g/mol. The normalized spacial score (nSPS) is 14.5. The van der Waals surface area contributed by atoms with Crippen molar-refractivity contribution in [1.82, 2.24) is 5.32 Å². The Morgan fingerprint density at radius 2 is 1.76 bits per heavy atom. The van der Waals surface area contributed by atoms with E-state index >= 15 is 0 Å². The second kappa shape index (κ2) is 10.6. The number of carbonyl (C=O) groups excluding carboxylic acids is 1. The third-order valence-electron chi connectivity index (χ3n) is 5.19. The first kappa shape index (κ1) is 24.9. The minimum Gasteiger partial charge on any atom is -0.496 e. The molecule has 3 aromatic rings. The third kappa shape index (κ3) is 5.22. The summed E-state index contributed by atoms with van der Waals surface area (Å²) in [4.78, 5) is 14.7. The van der Waals surface area contributed by atoms with E-state index in [0.717, 1.165) is 35.8 Å². The van der Waals surface area contributed by atoms with Gasteiger partial charge in [0, 0.05) is 10.0 Å². The maximum Gasteiger partial charge on any atom is 0.281 e. The Labute approximate surface area is 228 Å². The van der Waals surface area contributed by atoms with Crippen LogP contribution in [0.1, 0.15) is 16.7 Å². The quantitative estimate of drug-likeness (QED) is 0.224. The van der Waals surface area contributed by atoms with Crippen LogP contribution in [0.2, 0.25) is 0 Å². The molecule has 0 aromatic heterocycles. The highest BCUT2D eigenvalue weighted by Crippen LogP contribution is 2.37. The number of amides is 1. The number of benzene rings is 3. The largest absolute Gasteiger partial charge is 0.496 e. The zero-order valence-electron chi connectivity index (χ0n) is 18.2. The van der Waals surface area contributed by atoms with Gasteiger partial charge in [-0.1, -0.05) is 40.2 Å². The molecule has 0 bridgehead atoms. The summed E-state index contributed by atoms with van der Waals surface area (Å²) in [6, 6.07) is 17.1. The van der Waals surface area contributed by atoms with Gasteiger partial charge in [0.2, 0.25) is 0 Å². The van der Waals surface area contributed by atoms with Crippen molar-refractivity contribution in [3.63, 3.8) is 0 Å². The molecule has 1 N–H and O–H groups in total. The second-order valence-electron chi connectivity index (χ2n) is 7.47. The number of methoxy groups -OCH3 is 1.